The SMILES string of the molecule is CC(CC#N)CO[Si](c1ccccc1)(c1ccccc1)C(C)(C)C. The molecule has 126 valence electrons. The molecule has 3 heteroatoms. The van der Waals surface area contributed by atoms with Gasteiger partial charge in [0.15, 0.2) is 0 Å². The van der Waals surface area contributed by atoms with Crippen molar-refractivity contribution in [2.75, 3.05) is 6.61 Å². The van der Waals surface area contributed by atoms with Gasteiger partial charge in [0.25, 0.3) is 8.32 Å². The molecule has 0 radical (unpaired) electrons. The van der Waals surface area contributed by atoms with E-state index < -0.39 is 8.32 Å². The molecule has 0 aliphatic rings. The fourth-order valence-electron chi connectivity index (χ4n) is 3.24. The van der Waals surface area contributed by atoms with Crippen LogP contribution in [-0.4, -0.2) is 14.9 Å². The first-order chi connectivity index (χ1) is 11.4. The van der Waals surface area contributed by atoms with Crippen molar-refractivity contribution in [2.24, 2.45) is 5.92 Å². The molecule has 0 heterocycles. The Labute approximate surface area is 147 Å². The smallest absolute Gasteiger partial charge is 0.261 e. The third kappa shape index (κ3) is 3.77. The molecule has 2 rings (SSSR count). The molecule has 2 aromatic carbocycles. The second-order valence-electron chi connectivity index (χ2n) is 7.44. The number of hydrogen-bond donors (Lipinski definition) is 0. The van der Waals surface area contributed by atoms with E-state index in [1.807, 2.05) is 0 Å². The summed E-state index contributed by atoms with van der Waals surface area (Å²) in [4.78, 5) is 0. The molecule has 0 aliphatic heterocycles. The molecule has 0 fully saturated rings. The van der Waals surface area contributed by atoms with E-state index in [9.17, 15) is 0 Å². The van der Waals surface area contributed by atoms with Crippen molar-refractivity contribution in [1.29, 1.82) is 5.26 Å². The molecule has 2 nitrogen and oxygen atoms in total. The molecule has 0 N–H and O–H groups in total. The molecule has 0 saturated heterocycles. The molecular weight excluding hydrogens is 310 g/mol. The van der Waals surface area contributed by atoms with Crippen molar-refractivity contribution in [1.82, 2.24) is 0 Å². The first-order valence-electron chi connectivity index (χ1n) is 8.54. The Hall–Kier alpha value is -1.89. The third-order valence-corrected chi connectivity index (χ3v) is 9.45. The van der Waals surface area contributed by atoms with Crippen molar-refractivity contribution in [3.05, 3.63) is 60.7 Å². The van der Waals surface area contributed by atoms with Crippen molar-refractivity contribution >= 4 is 18.7 Å². The number of hydrogen-bond acceptors (Lipinski definition) is 2. The van der Waals surface area contributed by atoms with E-state index in [1.54, 1.807) is 0 Å². The predicted octanol–water partition coefficient (Wildman–Crippen LogP) is 4.11. The maximum atomic E-state index is 8.97. The van der Waals surface area contributed by atoms with E-state index >= 15 is 0 Å². The van der Waals surface area contributed by atoms with Crippen LogP contribution in [0, 0.1) is 17.2 Å². The van der Waals surface area contributed by atoms with Crippen LogP contribution in [0.4, 0.5) is 0 Å². The predicted molar refractivity (Wildman–Crippen MR) is 103 cm³/mol. The van der Waals surface area contributed by atoms with Gasteiger partial charge in [-0.05, 0) is 21.3 Å². The van der Waals surface area contributed by atoms with Gasteiger partial charge in [-0.15, -0.1) is 0 Å². The Morgan fingerprint density at radius 2 is 1.42 bits per heavy atom. The second kappa shape index (κ2) is 7.79. The summed E-state index contributed by atoms with van der Waals surface area (Å²) in [6.07, 6.45) is 0.526. The number of nitrogens with zero attached hydrogens (tertiary/aromatic N) is 1. The quantitative estimate of drug-likeness (QED) is 0.743. The largest absolute Gasteiger partial charge is 0.407 e. The van der Waals surface area contributed by atoms with Crippen LogP contribution >= 0.6 is 0 Å². The Kier molecular flexibility index (Phi) is 5.98. The standard InChI is InChI=1S/C21H27NOSi/c1-18(15-16-22)17-23-24(21(2,3)4,19-11-7-5-8-12-19)20-13-9-6-10-14-20/h5-14,18H,15,17H2,1-4H3. The summed E-state index contributed by atoms with van der Waals surface area (Å²) >= 11 is 0. The molecule has 24 heavy (non-hydrogen) atoms. The van der Waals surface area contributed by atoms with Crippen molar-refractivity contribution < 1.29 is 4.43 Å². The lowest BCUT2D eigenvalue weighted by Crippen LogP contribution is -2.66. The van der Waals surface area contributed by atoms with E-state index in [1.165, 1.54) is 10.4 Å². The summed E-state index contributed by atoms with van der Waals surface area (Å²) in [6, 6.07) is 23.5. The first kappa shape index (κ1) is 18.4. The second-order valence-corrected chi connectivity index (χ2v) is 11.7. The maximum Gasteiger partial charge on any atom is 0.261 e. The lowest BCUT2D eigenvalue weighted by molar-refractivity contribution is 0.247. The lowest BCUT2D eigenvalue weighted by atomic mass is 10.1. The van der Waals surface area contributed by atoms with Gasteiger partial charge in [0.1, 0.15) is 0 Å². The molecule has 0 saturated carbocycles. The number of rotatable bonds is 6. The fraction of sp³-hybridized carbons (Fsp3) is 0.381. The van der Waals surface area contributed by atoms with Crippen LogP contribution in [0.2, 0.25) is 5.04 Å². The molecule has 2 aromatic rings. The van der Waals surface area contributed by atoms with Gasteiger partial charge in [0.2, 0.25) is 0 Å². The Balaban J connectivity index is 2.56. The van der Waals surface area contributed by atoms with Crippen LogP contribution in [0.1, 0.15) is 34.1 Å². The van der Waals surface area contributed by atoms with E-state index in [-0.39, 0.29) is 11.0 Å². The molecule has 0 bridgehead atoms. The molecule has 0 aliphatic carbocycles. The van der Waals surface area contributed by atoms with Gasteiger partial charge < -0.3 is 4.43 Å². The minimum atomic E-state index is -2.45. The number of benzene rings is 2. The summed E-state index contributed by atoms with van der Waals surface area (Å²) in [7, 11) is -2.45. The first-order valence-corrected chi connectivity index (χ1v) is 10.4. The van der Waals surface area contributed by atoms with Crippen LogP contribution in [-0.2, 0) is 4.43 Å². The monoisotopic (exact) mass is 337 g/mol. The zero-order valence-corrected chi connectivity index (χ0v) is 16.1. The zero-order chi connectivity index (χ0) is 17.6. The van der Waals surface area contributed by atoms with E-state index in [0.717, 1.165) is 0 Å². The summed E-state index contributed by atoms with van der Waals surface area (Å²) in [5, 5.41) is 11.5. The van der Waals surface area contributed by atoms with E-state index in [4.69, 9.17) is 9.69 Å². The Bertz CT molecular complexity index is 631. The topological polar surface area (TPSA) is 33.0 Å². The molecule has 0 aromatic heterocycles. The normalized spacial score (nSPS) is 13.3. The molecule has 0 spiro atoms. The Morgan fingerprint density at radius 1 is 0.958 bits per heavy atom. The fourth-order valence-corrected chi connectivity index (χ4v) is 7.93. The number of nitriles is 1. The third-order valence-electron chi connectivity index (χ3n) is 4.44. The highest BCUT2D eigenvalue weighted by atomic mass is 28.4. The molecule has 1 unspecified atom stereocenters. The summed E-state index contributed by atoms with van der Waals surface area (Å²) in [5.74, 6) is 0.233. The highest BCUT2D eigenvalue weighted by Gasteiger charge is 2.50. The van der Waals surface area contributed by atoms with E-state index in [2.05, 4.69) is 94.4 Å². The molecular formula is C21H27NOSi. The summed E-state index contributed by atoms with van der Waals surface area (Å²) < 4.78 is 6.77. The minimum Gasteiger partial charge on any atom is -0.407 e. The van der Waals surface area contributed by atoms with Crippen LogP contribution < -0.4 is 10.4 Å². The highest BCUT2D eigenvalue weighted by Crippen LogP contribution is 2.37. The van der Waals surface area contributed by atoms with Gasteiger partial charge in [0.05, 0.1) is 6.07 Å². The van der Waals surface area contributed by atoms with Gasteiger partial charge in [0, 0.05) is 13.0 Å². The van der Waals surface area contributed by atoms with Crippen molar-refractivity contribution in [3.8, 4) is 6.07 Å². The summed E-state index contributed by atoms with van der Waals surface area (Å²) in [5.41, 5.74) is 0. The van der Waals surface area contributed by atoms with Crippen LogP contribution in [0.5, 0.6) is 0 Å². The van der Waals surface area contributed by atoms with Crippen LogP contribution in [0.3, 0.4) is 0 Å². The van der Waals surface area contributed by atoms with Crippen molar-refractivity contribution in [2.45, 2.75) is 39.2 Å². The van der Waals surface area contributed by atoms with Gasteiger partial charge in [-0.25, -0.2) is 0 Å². The van der Waals surface area contributed by atoms with Crippen molar-refractivity contribution in [3.63, 3.8) is 0 Å². The maximum absolute atomic E-state index is 8.97. The minimum absolute atomic E-state index is 0.0118. The highest BCUT2D eigenvalue weighted by molar-refractivity contribution is 6.99. The van der Waals surface area contributed by atoms with Crippen LogP contribution in [0.15, 0.2) is 60.7 Å². The zero-order valence-electron chi connectivity index (χ0n) is 15.1. The average Bonchev–Trinajstić information content (AvgIpc) is 2.56. The van der Waals surface area contributed by atoms with Gasteiger partial charge in [-0.2, -0.15) is 5.26 Å². The van der Waals surface area contributed by atoms with Crippen LogP contribution in [0.25, 0.3) is 0 Å². The summed E-state index contributed by atoms with van der Waals surface area (Å²) in [6.45, 7) is 9.51. The molecule has 0 amide bonds. The average molecular weight is 338 g/mol. The Morgan fingerprint density at radius 3 is 1.79 bits per heavy atom. The van der Waals surface area contributed by atoms with Gasteiger partial charge in [-0.3, -0.25) is 0 Å². The lowest BCUT2D eigenvalue weighted by Gasteiger charge is -2.43. The van der Waals surface area contributed by atoms with Gasteiger partial charge in [-0.1, -0.05) is 88.4 Å². The van der Waals surface area contributed by atoms with Gasteiger partial charge >= 0.3 is 0 Å². The molecule has 1 atom stereocenters. The van der Waals surface area contributed by atoms with E-state index in [0.29, 0.717) is 13.0 Å².